The molecule has 3 rings (SSSR count). The molecule has 2 aromatic rings. The van der Waals surface area contributed by atoms with Gasteiger partial charge in [-0.05, 0) is 55.5 Å². The number of rotatable bonds is 8. The number of hydrogen-bond acceptors (Lipinski definition) is 3. The number of para-hydroxylation sites is 1. The Morgan fingerprint density at radius 1 is 1.19 bits per heavy atom. The maximum absolute atomic E-state index is 11.1. The number of ether oxygens (including phenoxy) is 1. The summed E-state index contributed by atoms with van der Waals surface area (Å²) in [5.41, 5.74) is 7.59. The van der Waals surface area contributed by atoms with Crippen molar-refractivity contribution in [1.29, 1.82) is 0 Å². The van der Waals surface area contributed by atoms with Crippen LogP contribution >= 0.6 is 11.6 Å². The molecule has 1 amide bonds. The van der Waals surface area contributed by atoms with E-state index >= 15 is 0 Å². The highest BCUT2D eigenvalue weighted by Gasteiger charge is 2.21. The lowest BCUT2D eigenvalue weighted by Crippen LogP contribution is -2.35. The second-order valence-corrected chi connectivity index (χ2v) is 7.71. The Morgan fingerprint density at radius 2 is 1.96 bits per heavy atom. The predicted octanol–water partition coefficient (Wildman–Crippen LogP) is 4.40. The zero-order valence-corrected chi connectivity index (χ0v) is 16.3. The van der Waals surface area contributed by atoms with Crippen molar-refractivity contribution in [3.05, 3.63) is 64.7 Å². The predicted molar refractivity (Wildman–Crippen MR) is 109 cm³/mol. The number of nitrogens with two attached hydrogens (primary N) is 1. The Labute approximate surface area is 166 Å². The number of hydrogen-bond donors (Lipinski definition) is 1. The first kappa shape index (κ1) is 19.7. The molecule has 1 heterocycles. The Bertz CT molecular complexity index is 748. The van der Waals surface area contributed by atoms with Crippen LogP contribution in [0.5, 0.6) is 5.75 Å². The van der Waals surface area contributed by atoms with Crippen molar-refractivity contribution in [2.45, 2.75) is 38.8 Å². The minimum absolute atomic E-state index is 0.201. The molecule has 0 bridgehead atoms. The molecule has 144 valence electrons. The topological polar surface area (TPSA) is 55.6 Å². The molecule has 0 aliphatic carbocycles. The monoisotopic (exact) mass is 386 g/mol. The number of carbonyl (C=O) groups is 1. The summed E-state index contributed by atoms with van der Waals surface area (Å²) in [5, 5.41) is 0.732. The van der Waals surface area contributed by atoms with Crippen molar-refractivity contribution in [2.75, 3.05) is 13.1 Å². The van der Waals surface area contributed by atoms with Crippen molar-refractivity contribution in [1.82, 2.24) is 4.90 Å². The molecule has 1 unspecified atom stereocenters. The van der Waals surface area contributed by atoms with Crippen LogP contribution in [0.15, 0.2) is 48.5 Å². The smallest absolute Gasteiger partial charge is 0.217 e. The van der Waals surface area contributed by atoms with Gasteiger partial charge in [-0.1, -0.05) is 41.9 Å². The second kappa shape index (κ2) is 9.77. The SMILES string of the molecule is NC(=O)CCC1CCCN(Cc2ccccc2OCc2ccc(Cl)cc2)C1. The standard InChI is InChI=1S/C22H27ClN2O2/c23-20-10-7-18(8-11-20)16-27-21-6-2-1-5-19(21)15-25-13-3-4-17(14-25)9-12-22(24)26/h1-2,5-8,10-11,17H,3-4,9,12-16H2,(H2,24,26). The molecule has 1 fully saturated rings. The second-order valence-electron chi connectivity index (χ2n) is 7.27. The molecule has 1 aliphatic heterocycles. The van der Waals surface area contributed by atoms with Crippen molar-refractivity contribution >= 4 is 17.5 Å². The van der Waals surface area contributed by atoms with Gasteiger partial charge in [0, 0.05) is 30.1 Å². The Balaban J connectivity index is 1.58. The molecule has 0 radical (unpaired) electrons. The Hall–Kier alpha value is -2.04. The summed E-state index contributed by atoms with van der Waals surface area (Å²) in [7, 11) is 0. The third kappa shape index (κ3) is 6.26. The molecule has 1 aliphatic rings. The van der Waals surface area contributed by atoms with Crippen LogP contribution in [0.1, 0.15) is 36.8 Å². The third-order valence-corrected chi connectivity index (χ3v) is 5.33. The van der Waals surface area contributed by atoms with Gasteiger partial charge < -0.3 is 10.5 Å². The minimum Gasteiger partial charge on any atom is -0.489 e. The van der Waals surface area contributed by atoms with Crippen molar-refractivity contribution < 1.29 is 9.53 Å². The maximum Gasteiger partial charge on any atom is 0.217 e. The number of likely N-dealkylation sites (tertiary alicyclic amines) is 1. The number of primary amides is 1. The number of benzene rings is 2. The first-order valence-corrected chi connectivity index (χ1v) is 9.94. The average molecular weight is 387 g/mol. The van der Waals surface area contributed by atoms with Crippen LogP contribution < -0.4 is 10.5 Å². The van der Waals surface area contributed by atoms with Crippen LogP contribution in [-0.4, -0.2) is 23.9 Å². The normalized spacial score (nSPS) is 17.6. The zero-order chi connectivity index (χ0) is 19.1. The van der Waals surface area contributed by atoms with Crippen molar-refractivity contribution in [2.24, 2.45) is 11.7 Å². The molecule has 5 heteroatoms. The van der Waals surface area contributed by atoms with Crippen LogP contribution in [0.25, 0.3) is 0 Å². The minimum atomic E-state index is -0.201. The van der Waals surface area contributed by atoms with E-state index in [-0.39, 0.29) is 5.91 Å². The van der Waals surface area contributed by atoms with E-state index in [9.17, 15) is 4.79 Å². The summed E-state index contributed by atoms with van der Waals surface area (Å²) in [4.78, 5) is 13.5. The lowest BCUT2D eigenvalue weighted by Gasteiger charge is -2.33. The Morgan fingerprint density at radius 3 is 2.74 bits per heavy atom. The maximum atomic E-state index is 11.1. The van der Waals surface area contributed by atoms with Crippen LogP contribution in [0, 0.1) is 5.92 Å². The van der Waals surface area contributed by atoms with Crippen LogP contribution in [0.4, 0.5) is 0 Å². The number of carbonyl (C=O) groups excluding carboxylic acids is 1. The van der Waals surface area contributed by atoms with Gasteiger partial charge in [0.05, 0.1) is 0 Å². The summed E-state index contributed by atoms with van der Waals surface area (Å²) in [6.07, 6.45) is 3.72. The van der Waals surface area contributed by atoms with Crippen molar-refractivity contribution in [3.63, 3.8) is 0 Å². The van der Waals surface area contributed by atoms with E-state index in [1.807, 2.05) is 36.4 Å². The molecule has 1 atom stereocenters. The van der Waals surface area contributed by atoms with Gasteiger partial charge in [0.2, 0.25) is 5.91 Å². The van der Waals surface area contributed by atoms with Crippen LogP contribution in [-0.2, 0) is 17.9 Å². The number of nitrogens with zero attached hydrogens (tertiary/aromatic N) is 1. The quantitative estimate of drug-likeness (QED) is 0.731. The molecule has 2 aromatic carbocycles. The van der Waals surface area contributed by atoms with Crippen molar-refractivity contribution in [3.8, 4) is 5.75 Å². The lowest BCUT2D eigenvalue weighted by atomic mass is 9.93. The van der Waals surface area contributed by atoms with Gasteiger partial charge >= 0.3 is 0 Å². The molecule has 0 spiro atoms. The average Bonchev–Trinajstić information content (AvgIpc) is 2.67. The largest absolute Gasteiger partial charge is 0.489 e. The summed E-state index contributed by atoms with van der Waals surface area (Å²) >= 11 is 5.94. The third-order valence-electron chi connectivity index (χ3n) is 5.08. The van der Waals surface area contributed by atoms with Gasteiger partial charge in [-0.25, -0.2) is 0 Å². The van der Waals surface area contributed by atoms with E-state index in [1.165, 1.54) is 12.0 Å². The highest BCUT2D eigenvalue weighted by atomic mass is 35.5. The number of halogens is 1. The van der Waals surface area contributed by atoms with Gasteiger partial charge in [0.1, 0.15) is 12.4 Å². The molecule has 4 nitrogen and oxygen atoms in total. The summed E-state index contributed by atoms with van der Waals surface area (Å²) in [6, 6.07) is 16.0. The van der Waals surface area contributed by atoms with Gasteiger partial charge in [0.15, 0.2) is 0 Å². The first-order valence-electron chi connectivity index (χ1n) is 9.56. The summed E-state index contributed by atoms with van der Waals surface area (Å²) in [6.45, 7) is 3.48. The number of piperidine rings is 1. The molecule has 1 saturated heterocycles. The fraction of sp³-hybridized carbons (Fsp3) is 0.409. The van der Waals surface area contributed by atoms with E-state index in [0.29, 0.717) is 18.9 Å². The number of amides is 1. The molecular formula is C22H27ClN2O2. The zero-order valence-electron chi connectivity index (χ0n) is 15.6. The summed E-state index contributed by atoms with van der Waals surface area (Å²) < 4.78 is 6.08. The lowest BCUT2D eigenvalue weighted by molar-refractivity contribution is -0.118. The first-order chi connectivity index (χ1) is 13.1. The molecule has 0 aromatic heterocycles. The van der Waals surface area contributed by atoms with E-state index in [0.717, 1.165) is 48.8 Å². The van der Waals surface area contributed by atoms with E-state index in [4.69, 9.17) is 22.1 Å². The fourth-order valence-electron chi connectivity index (χ4n) is 3.63. The van der Waals surface area contributed by atoms with Gasteiger partial charge in [-0.2, -0.15) is 0 Å². The van der Waals surface area contributed by atoms with Crippen LogP contribution in [0.2, 0.25) is 5.02 Å². The molecule has 0 saturated carbocycles. The Kier molecular flexibility index (Phi) is 7.13. The van der Waals surface area contributed by atoms with E-state index in [2.05, 4.69) is 17.0 Å². The highest BCUT2D eigenvalue weighted by Crippen LogP contribution is 2.26. The fourth-order valence-corrected chi connectivity index (χ4v) is 3.76. The van der Waals surface area contributed by atoms with Gasteiger partial charge in [-0.15, -0.1) is 0 Å². The highest BCUT2D eigenvalue weighted by molar-refractivity contribution is 6.30. The van der Waals surface area contributed by atoms with Gasteiger partial charge in [-0.3, -0.25) is 9.69 Å². The van der Waals surface area contributed by atoms with E-state index in [1.54, 1.807) is 0 Å². The molecule has 27 heavy (non-hydrogen) atoms. The van der Waals surface area contributed by atoms with Crippen LogP contribution in [0.3, 0.4) is 0 Å². The summed E-state index contributed by atoms with van der Waals surface area (Å²) in [5.74, 6) is 1.27. The van der Waals surface area contributed by atoms with Gasteiger partial charge in [0.25, 0.3) is 0 Å². The molecular weight excluding hydrogens is 360 g/mol. The van der Waals surface area contributed by atoms with E-state index < -0.39 is 0 Å². The molecule has 2 N–H and O–H groups in total.